The van der Waals surface area contributed by atoms with Gasteiger partial charge in [0.15, 0.2) is 0 Å². The Balaban J connectivity index is 1.65. The van der Waals surface area contributed by atoms with Crippen LogP contribution in [0.2, 0.25) is 0 Å². The van der Waals surface area contributed by atoms with Crippen LogP contribution in [-0.4, -0.2) is 92.5 Å². The number of rotatable bonds is 17. The molecule has 0 saturated heterocycles. The van der Waals surface area contributed by atoms with Gasteiger partial charge in [0, 0.05) is 50.3 Å². The molecule has 1 heterocycles. The summed E-state index contributed by atoms with van der Waals surface area (Å²) in [6.45, 7) is 16.0. The predicted octanol–water partition coefficient (Wildman–Crippen LogP) is 6.99. The van der Waals surface area contributed by atoms with Crippen molar-refractivity contribution in [1.82, 2.24) is 10.6 Å². The summed E-state index contributed by atoms with van der Waals surface area (Å²) in [5.74, 6) is -0.225. The van der Waals surface area contributed by atoms with Crippen LogP contribution in [0, 0.1) is 23.2 Å². The fourth-order valence-corrected chi connectivity index (χ4v) is 9.92. The molecule has 7 atom stereocenters. The van der Waals surface area contributed by atoms with Crippen molar-refractivity contribution in [3.63, 3.8) is 0 Å². The number of ether oxygens (including phenoxy) is 2. The summed E-state index contributed by atoms with van der Waals surface area (Å²) in [6, 6.07) is 8.97. The number of aldehydes is 1. The summed E-state index contributed by atoms with van der Waals surface area (Å²) in [7, 11) is 3.65. The lowest BCUT2D eigenvalue weighted by Gasteiger charge is -2.57. The van der Waals surface area contributed by atoms with Gasteiger partial charge in [-0.3, -0.25) is 4.79 Å². The van der Waals surface area contributed by atoms with Crippen molar-refractivity contribution in [1.29, 1.82) is 0 Å². The van der Waals surface area contributed by atoms with E-state index in [1.807, 2.05) is 20.9 Å². The van der Waals surface area contributed by atoms with E-state index in [1.165, 1.54) is 16.7 Å². The third-order valence-electron chi connectivity index (χ3n) is 13.2. The van der Waals surface area contributed by atoms with Gasteiger partial charge in [-0.2, -0.15) is 0 Å². The van der Waals surface area contributed by atoms with E-state index in [9.17, 15) is 20.1 Å². The molecule has 306 valence electrons. The SMILES string of the molecule is C=C(/C=C/C=C(/COCC)[C@@H]1CC[C@]2([C@@H]1O)[C@@H](CCCO)/C(=C(/C)C=O)CC[C@]2(O)CCNC)[C@@H]1C/C=C(\C)CN[C@@](C)(CCOC)Cc2cccc(c2)C1. The van der Waals surface area contributed by atoms with E-state index in [0.717, 1.165) is 55.2 Å². The van der Waals surface area contributed by atoms with Gasteiger partial charge >= 0.3 is 0 Å². The molecule has 2 bridgehead atoms. The third-order valence-corrected chi connectivity index (χ3v) is 13.2. The lowest BCUT2D eigenvalue weighted by molar-refractivity contribution is -0.180. The molecule has 5 N–H and O–H groups in total. The molecular formula is C47H72N2O6. The molecule has 0 aromatic heterocycles. The highest BCUT2D eigenvalue weighted by Gasteiger charge is 2.65. The van der Waals surface area contributed by atoms with Crippen molar-refractivity contribution in [3.05, 3.63) is 94.1 Å². The number of nitrogens with one attached hydrogen (secondary N) is 2. The lowest BCUT2D eigenvalue weighted by Crippen LogP contribution is -2.61. The zero-order chi connectivity index (χ0) is 40.1. The second-order valence-electron chi connectivity index (χ2n) is 16.9. The summed E-state index contributed by atoms with van der Waals surface area (Å²) < 4.78 is 11.5. The normalized spacial score (nSPS) is 32.5. The molecule has 1 aromatic rings. The molecule has 1 aliphatic heterocycles. The molecule has 0 amide bonds. The topological polar surface area (TPSA) is 120 Å². The Morgan fingerprint density at radius 3 is 2.69 bits per heavy atom. The van der Waals surface area contributed by atoms with Crippen LogP contribution in [0.5, 0.6) is 0 Å². The zero-order valence-electron chi connectivity index (χ0n) is 34.8. The first-order chi connectivity index (χ1) is 26.4. The van der Waals surface area contributed by atoms with Gasteiger partial charge in [-0.15, -0.1) is 0 Å². The lowest BCUT2D eigenvalue weighted by atomic mass is 9.51. The number of hydrogen-bond donors (Lipinski definition) is 5. The number of allylic oxidation sites excluding steroid dienone is 7. The van der Waals surface area contributed by atoms with Gasteiger partial charge in [0.25, 0.3) is 0 Å². The Hall–Kier alpha value is -2.69. The van der Waals surface area contributed by atoms with Gasteiger partial charge in [-0.05, 0) is 146 Å². The van der Waals surface area contributed by atoms with Crippen LogP contribution in [0.4, 0.5) is 0 Å². The number of carbonyl (C=O) groups excluding carboxylic acids is 1. The number of fused-ring (bicyclic) bond motifs is 2. The number of benzene rings is 1. The van der Waals surface area contributed by atoms with Crippen molar-refractivity contribution in [3.8, 4) is 0 Å². The maximum atomic E-state index is 12.6. The highest BCUT2D eigenvalue weighted by atomic mass is 16.5. The van der Waals surface area contributed by atoms with Crippen LogP contribution >= 0.6 is 0 Å². The molecule has 0 radical (unpaired) electrons. The Bertz CT molecular complexity index is 1550. The summed E-state index contributed by atoms with van der Waals surface area (Å²) in [4.78, 5) is 12.1. The second kappa shape index (κ2) is 21.2. The van der Waals surface area contributed by atoms with Gasteiger partial charge in [0.1, 0.15) is 6.29 Å². The van der Waals surface area contributed by atoms with Gasteiger partial charge < -0.3 is 35.4 Å². The molecular weight excluding hydrogens is 689 g/mol. The van der Waals surface area contributed by atoms with Crippen LogP contribution in [0.15, 0.2) is 83.0 Å². The molecule has 4 rings (SSSR count). The van der Waals surface area contributed by atoms with E-state index in [1.54, 1.807) is 7.11 Å². The van der Waals surface area contributed by atoms with Crippen LogP contribution in [0.1, 0.15) is 96.6 Å². The molecule has 0 unspecified atom stereocenters. The Morgan fingerprint density at radius 1 is 1.20 bits per heavy atom. The Labute approximate surface area is 332 Å². The molecule has 8 nitrogen and oxygen atoms in total. The maximum Gasteiger partial charge on any atom is 0.145 e. The van der Waals surface area contributed by atoms with E-state index in [-0.39, 0.29) is 29.9 Å². The molecule has 3 aliphatic rings. The molecule has 2 saturated carbocycles. The molecule has 2 aliphatic carbocycles. The van der Waals surface area contributed by atoms with Crippen LogP contribution in [0.25, 0.3) is 0 Å². The van der Waals surface area contributed by atoms with E-state index in [0.29, 0.717) is 76.9 Å². The number of carbonyl (C=O) groups is 1. The molecule has 1 aromatic carbocycles. The largest absolute Gasteiger partial charge is 0.396 e. The first-order valence-electron chi connectivity index (χ1n) is 20.8. The first-order valence-corrected chi connectivity index (χ1v) is 20.8. The van der Waals surface area contributed by atoms with Gasteiger partial charge in [0.2, 0.25) is 0 Å². The van der Waals surface area contributed by atoms with Crippen LogP contribution < -0.4 is 10.6 Å². The Kier molecular flexibility index (Phi) is 17.3. The quantitative estimate of drug-likeness (QED) is 0.0499. The van der Waals surface area contributed by atoms with Crippen molar-refractivity contribution in [2.75, 3.05) is 53.7 Å². The monoisotopic (exact) mass is 761 g/mol. The number of hydrogen-bond acceptors (Lipinski definition) is 8. The molecule has 8 heteroatoms. The third kappa shape index (κ3) is 11.0. The highest BCUT2D eigenvalue weighted by molar-refractivity contribution is 5.74. The highest BCUT2D eigenvalue weighted by Crippen LogP contribution is 2.64. The minimum atomic E-state index is -1.13. The smallest absolute Gasteiger partial charge is 0.145 e. The minimum Gasteiger partial charge on any atom is -0.396 e. The van der Waals surface area contributed by atoms with Gasteiger partial charge in [0.05, 0.1) is 18.3 Å². The summed E-state index contributed by atoms with van der Waals surface area (Å²) in [6.07, 6.45) is 16.4. The zero-order valence-corrected chi connectivity index (χ0v) is 34.8. The van der Waals surface area contributed by atoms with Crippen LogP contribution in [0.3, 0.4) is 0 Å². The average molecular weight is 761 g/mol. The van der Waals surface area contributed by atoms with Gasteiger partial charge in [-0.1, -0.05) is 71.9 Å². The average Bonchev–Trinajstić information content (AvgIpc) is 3.52. The van der Waals surface area contributed by atoms with E-state index in [2.05, 4.69) is 79.6 Å². The van der Waals surface area contributed by atoms with Crippen molar-refractivity contribution >= 4 is 6.29 Å². The van der Waals surface area contributed by atoms with E-state index < -0.39 is 17.1 Å². The van der Waals surface area contributed by atoms with Crippen molar-refractivity contribution < 1.29 is 29.6 Å². The number of methoxy groups -OCH3 is 1. The standard InChI is InChI=1S/C47H72N2O6/c1-8-55-33-40(42-20-22-47(44(42)52)43(16-11-26-50)41(36(4)32-51)19-21-46(47,53)23-25-48-6)15-9-12-35(3)39-18-17-34(2)31-49-45(5,24-27-54-7)30-38-14-10-13-37(28-38)29-39/h9-10,12-15,17,28,32,39,42-44,48-50,52-53H,3,8,11,16,18-27,29-31,33H2,1-2,4-7H3/b12-9+,34-17+,40-15-,41-36-/t39-,42+,43+,44-,45+,46+,47-/m1/s1. The van der Waals surface area contributed by atoms with Crippen molar-refractivity contribution in [2.45, 2.75) is 116 Å². The molecule has 55 heavy (non-hydrogen) atoms. The van der Waals surface area contributed by atoms with E-state index >= 15 is 0 Å². The number of aliphatic hydroxyl groups is 3. The second-order valence-corrected chi connectivity index (χ2v) is 16.9. The van der Waals surface area contributed by atoms with Crippen molar-refractivity contribution in [2.24, 2.45) is 23.2 Å². The van der Waals surface area contributed by atoms with Crippen LogP contribution in [-0.2, 0) is 27.1 Å². The summed E-state index contributed by atoms with van der Waals surface area (Å²) in [5.41, 5.74) is 5.63. The fraction of sp³-hybridized carbons (Fsp3) is 0.638. The molecule has 1 spiro atoms. The van der Waals surface area contributed by atoms with Gasteiger partial charge in [-0.25, -0.2) is 0 Å². The molecule has 2 fully saturated rings. The Morgan fingerprint density at radius 2 is 1.98 bits per heavy atom. The summed E-state index contributed by atoms with van der Waals surface area (Å²) >= 11 is 0. The van der Waals surface area contributed by atoms with E-state index in [4.69, 9.17) is 9.47 Å². The maximum absolute atomic E-state index is 12.6. The minimum absolute atomic E-state index is 0.0195. The number of aliphatic hydroxyl groups excluding tert-OH is 2. The fourth-order valence-electron chi connectivity index (χ4n) is 9.92. The first kappa shape index (κ1) is 45.0. The summed E-state index contributed by atoms with van der Waals surface area (Å²) in [5, 5.41) is 42.2. The predicted molar refractivity (Wildman–Crippen MR) is 224 cm³/mol.